The molecule has 2 saturated heterocycles. The number of carbonyl (C=O) groups excluding carboxylic acids is 1. The molecule has 0 spiro atoms. The minimum Gasteiger partial charge on any atom is -0.369 e. The molecule has 1 amide bonds. The lowest BCUT2D eigenvalue weighted by molar-refractivity contribution is -0.123. The molecule has 0 atom stereocenters. The normalized spacial score (nSPS) is 23.2. The fraction of sp³-hybridized carbons (Fsp3) is 0.929. The Hall–Kier alpha value is -0.610. The Kier molecular flexibility index (Phi) is 7.28. The molecule has 106 valence electrons. The van der Waals surface area contributed by atoms with E-state index >= 15 is 0 Å². The van der Waals surface area contributed by atoms with Crippen molar-refractivity contribution in [3.05, 3.63) is 0 Å². The monoisotopic (exact) mass is 255 g/mol. The van der Waals surface area contributed by atoms with Crippen molar-refractivity contribution < 1.29 is 4.79 Å². The van der Waals surface area contributed by atoms with Crippen molar-refractivity contribution in [2.45, 2.75) is 39.5 Å². The highest BCUT2D eigenvalue weighted by molar-refractivity contribution is 5.76. The summed E-state index contributed by atoms with van der Waals surface area (Å²) in [7, 11) is 0. The number of likely N-dealkylation sites (tertiary alicyclic amines) is 1. The first-order chi connectivity index (χ1) is 8.75. The molecule has 0 aromatic heterocycles. The molecule has 18 heavy (non-hydrogen) atoms. The van der Waals surface area contributed by atoms with Crippen molar-refractivity contribution in [2.75, 3.05) is 32.7 Å². The number of nitrogens with one attached hydrogen (secondary N) is 1. The Labute approximate surface area is 111 Å². The highest BCUT2D eigenvalue weighted by atomic mass is 16.1. The zero-order valence-corrected chi connectivity index (χ0v) is 12.0. The summed E-state index contributed by atoms with van der Waals surface area (Å²) in [6.07, 6.45) is 4.52. The van der Waals surface area contributed by atoms with Crippen LogP contribution in [0.3, 0.4) is 0 Å². The van der Waals surface area contributed by atoms with Crippen LogP contribution in [0.25, 0.3) is 0 Å². The van der Waals surface area contributed by atoms with Crippen molar-refractivity contribution in [1.82, 2.24) is 10.2 Å². The Morgan fingerprint density at radius 3 is 2.22 bits per heavy atom. The summed E-state index contributed by atoms with van der Waals surface area (Å²) in [6, 6.07) is 0. The molecule has 0 unspecified atom stereocenters. The Morgan fingerprint density at radius 1 is 1.17 bits per heavy atom. The first-order valence-electron chi connectivity index (χ1n) is 7.48. The smallest absolute Gasteiger partial charge is 0.220 e. The third-order valence-electron chi connectivity index (χ3n) is 3.97. The van der Waals surface area contributed by atoms with Crippen molar-refractivity contribution in [3.63, 3.8) is 0 Å². The second kappa shape index (κ2) is 8.48. The van der Waals surface area contributed by atoms with Crippen LogP contribution < -0.4 is 11.1 Å². The molecule has 0 aromatic rings. The number of amides is 1. The average molecular weight is 255 g/mol. The van der Waals surface area contributed by atoms with E-state index in [9.17, 15) is 4.79 Å². The van der Waals surface area contributed by atoms with Crippen LogP contribution in [-0.4, -0.2) is 43.5 Å². The molecule has 0 aromatic carbocycles. The summed E-state index contributed by atoms with van der Waals surface area (Å²) in [5.41, 5.74) is 5.33. The van der Waals surface area contributed by atoms with Gasteiger partial charge in [-0.05, 0) is 57.8 Å². The largest absolute Gasteiger partial charge is 0.369 e. The lowest BCUT2D eigenvalue weighted by Gasteiger charge is -2.34. The number of piperidine rings is 2. The van der Waals surface area contributed by atoms with Crippen molar-refractivity contribution in [1.29, 1.82) is 0 Å². The van der Waals surface area contributed by atoms with E-state index in [1.54, 1.807) is 0 Å². The van der Waals surface area contributed by atoms with Crippen LogP contribution in [0.2, 0.25) is 0 Å². The molecule has 2 rings (SSSR count). The number of hydrogen-bond acceptors (Lipinski definition) is 3. The van der Waals surface area contributed by atoms with E-state index in [1.807, 2.05) is 13.8 Å². The SMILES string of the molecule is CC.NC(=O)C1CCN(CC2CCNCC2)CC1. The average Bonchev–Trinajstić information content (AvgIpc) is 2.43. The summed E-state index contributed by atoms with van der Waals surface area (Å²) < 4.78 is 0. The molecule has 4 heteroatoms. The van der Waals surface area contributed by atoms with E-state index < -0.39 is 0 Å². The highest BCUT2D eigenvalue weighted by Gasteiger charge is 2.25. The van der Waals surface area contributed by atoms with E-state index in [0.717, 1.165) is 31.8 Å². The van der Waals surface area contributed by atoms with Gasteiger partial charge in [0, 0.05) is 12.5 Å². The van der Waals surface area contributed by atoms with Gasteiger partial charge in [0.25, 0.3) is 0 Å². The van der Waals surface area contributed by atoms with Crippen molar-refractivity contribution in [2.24, 2.45) is 17.6 Å². The van der Waals surface area contributed by atoms with Gasteiger partial charge in [0.2, 0.25) is 5.91 Å². The molecule has 2 heterocycles. The van der Waals surface area contributed by atoms with Crippen molar-refractivity contribution >= 4 is 5.91 Å². The zero-order chi connectivity index (χ0) is 13.4. The van der Waals surface area contributed by atoms with E-state index in [4.69, 9.17) is 5.73 Å². The van der Waals surface area contributed by atoms with Gasteiger partial charge in [0.05, 0.1) is 0 Å². The number of rotatable bonds is 3. The standard InChI is InChI=1S/C12H23N3O.C2H6/c13-12(16)11-3-7-15(8-4-11)9-10-1-5-14-6-2-10;1-2/h10-11,14H,1-9H2,(H2,13,16);1-2H3. The van der Waals surface area contributed by atoms with Crippen LogP contribution in [-0.2, 0) is 4.79 Å². The van der Waals surface area contributed by atoms with Crippen LogP contribution in [0.1, 0.15) is 39.5 Å². The maximum absolute atomic E-state index is 11.0. The zero-order valence-electron chi connectivity index (χ0n) is 12.0. The first kappa shape index (κ1) is 15.4. The van der Waals surface area contributed by atoms with Crippen LogP contribution in [0.5, 0.6) is 0 Å². The number of hydrogen-bond donors (Lipinski definition) is 2. The first-order valence-corrected chi connectivity index (χ1v) is 7.48. The second-order valence-corrected chi connectivity index (χ2v) is 5.17. The molecule has 3 N–H and O–H groups in total. The molecule has 2 aliphatic heterocycles. The van der Waals surface area contributed by atoms with Gasteiger partial charge in [-0.1, -0.05) is 13.8 Å². The lowest BCUT2D eigenvalue weighted by atomic mass is 9.93. The fourth-order valence-electron chi connectivity index (χ4n) is 2.83. The van der Waals surface area contributed by atoms with Gasteiger partial charge in [-0.2, -0.15) is 0 Å². The number of carbonyl (C=O) groups is 1. The van der Waals surface area contributed by atoms with Crippen molar-refractivity contribution in [3.8, 4) is 0 Å². The topological polar surface area (TPSA) is 58.4 Å². The van der Waals surface area contributed by atoms with Crippen LogP contribution in [0.15, 0.2) is 0 Å². The van der Waals surface area contributed by atoms with E-state index in [1.165, 1.54) is 32.5 Å². The molecule has 2 aliphatic rings. The third kappa shape index (κ3) is 4.94. The summed E-state index contributed by atoms with van der Waals surface area (Å²) in [4.78, 5) is 13.6. The van der Waals surface area contributed by atoms with Crippen LogP contribution in [0, 0.1) is 11.8 Å². The maximum atomic E-state index is 11.0. The Balaban J connectivity index is 0.000000771. The van der Waals surface area contributed by atoms with Crippen LogP contribution >= 0.6 is 0 Å². The van der Waals surface area contributed by atoms with Gasteiger partial charge in [-0.25, -0.2) is 0 Å². The molecule has 2 fully saturated rings. The summed E-state index contributed by atoms with van der Waals surface area (Å²) >= 11 is 0. The molecule has 0 saturated carbocycles. The molecule has 0 radical (unpaired) electrons. The summed E-state index contributed by atoms with van der Waals surface area (Å²) in [5, 5.41) is 3.39. The molecular formula is C14H29N3O. The van der Waals surface area contributed by atoms with Gasteiger partial charge in [0.1, 0.15) is 0 Å². The summed E-state index contributed by atoms with van der Waals surface area (Å²) in [6.45, 7) is 9.66. The Morgan fingerprint density at radius 2 is 1.72 bits per heavy atom. The minimum absolute atomic E-state index is 0.110. The minimum atomic E-state index is -0.110. The predicted molar refractivity (Wildman–Crippen MR) is 75.3 cm³/mol. The molecular weight excluding hydrogens is 226 g/mol. The van der Waals surface area contributed by atoms with Gasteiger partial charge in [-0.3, -0.25) is 4.79 Å². The van der Waals surface area contributed by atoms with Gasteiger partial charge >= 0.3 is 0 Å². The number of nitrogens with two attached hydrogens (primary N) is 1. The molecule has 4 nitrogen and oxygen atoms in total. The third-order valence-corrected chi connectivity index (χ3v) is 3.97. The van der Waals surface area contributed by atoms with E-state index in [0.29, 0.717) is 0 Å². The van der Waals surface area contributed by atoms with Gasteiger partial charge in [0.15, 0.2) is 0 Å². The maximum Gasteiger partial charge on any atom is 0.220 e. The predicted octanol–water partition coefficient (Wildman–Crippen LogP) is 1.21. The van der Waals surface area contributed by atoms with Gasteiger partial charge in [-0.15, -0.1) is 0 Å². The summed E-state index contributed by atoms with van der Waals surface area (Å²) in [5.74, 6) is 0.872. The van der Waals surface area contributed by atoms with E-state index in [2.05, 4.69) is 10.2 Å². The second-order valence-electron chi connectivity index (χ2n) is 5.17. The van der Waals surface area contributed by atoms with Crippen LogP contribution in [0.4, 0.5) is 0 Å². The van der Waals surface area contributed by atoms with E-state index in [-0.39, 0.29) is 11.8 Å². The Bertz CT molecular complexity index is 231. The quantitative estimate of drug-likeness (QED) is 0.797. The lowest BCUT2D eigenvalue weighted by Crippen LogP contribution is -2.42. The fourth-order valence-corrected chi connectivity index (χ4v) is 2.83. The highest BCUT2D eigenvalue weighted by Crippen LogP contribution is 2.20. The molecule has 0 aliphatic carbocycles. The molecule has 0 bridgehead atoms. The number of nitrogens with zero attached hydrogens (tertiary/aromatic N) is 1. The van der Waals surface area contributed by atoms with Gasteiger partial charge < -0.3 is 16.0 Å². The number of primary amides is 1.